The van der Waals surface area contributed by atoms with Gasteiger partial charge < -0.3 is 9.80 Å². The molecule has 1 atom stereocenters. The number of nitrogens with zero attached hydrogens (tertiary/aromatic N) is 2. The van der Waals surface area contributed by atoms with Gasteiger partial charge in [-0.3, -0.25) is 0 Å². The summed E-state index contributed by atoms with van der Waals surface area (Å²) in [6.45, 7) is 4.33. The molecule has 0 amide bonds. The average Bonchev–Trinajstić information content (AvgIpc) is 3.05. The Hall–Kier alpha value is -5.08. The molecule has 0 spiro atoms. The van der Waals surface area contributed by atoms with Crippen LogP contribution in [0, 0.1) is 6.92 Å². The monoisotopic (exact) mass is 542 g/mol. The molecule has 7 rings (SSSR count). The molecule has 204 valence electrons. The number of aryl methyl sites for hydroxylation is 1. The van der Waals surface area contributed by atoms with E-state index < -0.39 is 0 Å². The standard InChI is InChI=1S/C40H34N2/c1-29-21-25-33(26-22-29)41(31-13-5-3-6-14-31)39-35-17-9-11-19-37(35)40(38-20-12-10-18-36(38)39)42(32-15-7-4-8-16-32)34-27-23-30(2)24-28-34/h3-27,34H,28H2,1-2H3. The van der Waals surface area contributed by atoms with Crippen LogP contribution in [0.2, 0.25) is 0 Å². The molecule has 0 saturated carbocycles. The molecular formula is C40H34N2. The molecule has 1 aliphatic rings. The van der Waals surface area contributed by atoms with E-state index in [9.17, 15) is 0 Å². The first kappa shape index (κ1) is 25.9. The molecule has 1 aliphatic carbocycles. The largest absolute Gasteiger partial charge is 0.333 e. The fourth-order valence-electron chi connectivity index (χ4n) is 6.24. The third-order valence-corrected chi connectivity index (χ3v) is 8.27. The first-order valence-corrected chi connectivity index (χ1v) is 14.7. The van der Waals surface area contributed by atoms with Crippen molar-refractivity contribution < 1.29 is 0 Å². The van der Waals surface area contributed by atoms with E-state index in [1.807, 2.05) is 0 Å². The Balaban J connectivity index is 1.57. The van der Waals surface area contributed by atoms with Crippen LogP contribution in [-0.4, -0.2) is 6.04 Å². The van der Waals surface area contributed by atoms with E-state index in [-0.39, 0.29) is 6.04 Å². The molecule has 0 radical (unpaired) electrons. The number of para-hydroxylation sites is 2. The molecule has 0 N–H and O–H groups in total. The van der Waals surface area contributed by atoms with Crippen LogP contribution in [0.25, 0.3) is 21.5 Å². The lowest BCUT2D eigenvalue weighted by molar-refractivity contribution is 0.784. The fraction of sp³-hybridized carbons (Fsp3) is 0.100. The first-order valence-electron chi connectivity index (χ1n) is 14.7. The molecular weight excluding hydrogens is 508 g/mol. The van der Waals surface area contributed by atoms with Crippen LogP contribution in [-0.2, 0) is 0 Å². The van der Waals surface area contributed by atoms with Gasteiger partial charge in [-0.05, 0) is 56.7 Å². The molecule has 42 heavy (non-hydrogen) atoms. The highest BCUT2D eigenvalue weighted by atomic mass is 15.2. The SMILES string of the molecule is CC1=CCC(N(c2ccccc2)c2c3ccccc3c(N(c3ccccc3)c3ccc(C)cc3)c3ccccc23)C=C1. The lowest BCUT2D eigenvalue weighted by Crippen LogP contribution is -2.30. The van der Waals surface area contributed by atoms with Crippen LogP contribution in [0.3, 0.4) is 0 Å². The van der Waals surface area contributed by atoms with Gasteiger partial charge >= 0.3 is 0 Å². The lowest BCUT2D eigenvalue weighted by Gasteiger charge is -2.36. The molecule has 6 aromatic carbocycles. The third kappa shape index (κ3) is 4.65. The van der Waals surface area contributed by atoms with E-state index in [0.29, 0.717) is 0 Å². The predicted octanol–water partition coefficient (Wildman–Crippen LogP) is 11.2. The molecule has 0 aromatic heterocycles. The molecule has 6 aromatic rings. The van der Waals surface area contributed by atoms with E-state index in [0.717, 1.165) is 17.8 Å². The smallest absolute Gasteiger partial charge is 0.0619 e. The van der Waals surface area contributed by atoms with Crippen molar-refractivity contribution in [2.75, 3.05) is 9.80 Å². The second-order valence-electron chi connectivity index (χ2n) is 11.1. The van der Waals surface area contributed by atoms with Gasteiger partial charge in [-0.2, -0.15) is 0 Å². The van der Waals surface area contributed by atoms with Gasteiger partial charge in [0.1, 0.15) is 0 Å². The number of anilines is 5. The van der Waals surface area contributed by atoms with Crippen molar-refractivity contribution >= 4 is 50.0 Å². The molecule has 0 heterocycles. The summed E-state index contributed by atoms with van der Waals surface area (Å²) in [5.74, 6) is 0. The Morgan fingerprint density at radius 2 is 0.976 bits per heavy atom. The summed E-state index contributed by atoms with van der Waals surface area (Å²) in [6.07, 6.45) is 7.94. The van der Waals surface area contributed by atoms with E-state index in [1.165, 1.54) is 49.7 Å². The minimum atomic E-state index is 0.205. The Labute approximate surface area is 248 Å². The highest BCUT2D eigenvalue weighted by Crippen LogP contribution is 2.50. The minimum absolute atomic E-state index is 0.205. The van der Waals surface area contributed by atoms with Gasteiger partial charge in [0.05, 0.1) is 17.4 Å². The Bertz CT molecular complexity index is 1860. The van der Waals surface area contributed by atoms with Gasteiger partial charge in [0.15, 0.2) is 0 Å². The molecule has 2 nitrogen and oxygen atoms in total. The Kier molecular flexibility index (Phi) is 6.81. The normalized spacial score (nSPS) is 14.6. The van der Waals surface area contributed by atoms with E-state index in [1.54, 1.807) is 0 Å². The van der Waals surface area contributed by atoms with Crippen molar-refractivity contribution in [1.29, 1.82) is 0 Å². The minimum Gasteiger partial charge on any atom is -0.333 e. The molecule has 0 fully saturated rings. The van der Waals surface area contributed by atoms with Crippen molar-refractivity contribution in [3.8, 4) is 0 Å². The van der Waals surface area contributed by atoms with Crippen molar-refractivity contribution in [1.82, 2.24) is 0 Å². The van der Waals surface area contributed by atoms with Crippen LogP contribution in [0.4, 0.5) is 28.4 Å². The van der Waals surface area contributed by atoms with E-state index in [4.69, 9.17) is 0 Å². The maximum Gasteiger partial charge on any atom is 0.0619 e. The zero-order chi connectivity index (χ0) is 28.5. The summed E-state index contributed by atoms with van der Waals surface area (Å²) in [5.41, 5.74) is 8.49. The van der Waals surface area contributed by atoms with E-state index >= 15 is 0 Å². The molecule has 1 unspecified atom stereocenters. The summed E-state index contributed by atoms with van der Waals surface area (Å²) >= 11 is 0. The summed E-state index contributed by atoms with van der Waals surface area (Å²) in [6, 6.07) is 48.5. The maximum absolute atomic E-state index is 2.55. The summed E-state index contributed by atoms with van der Waals surface area (Å²) in [7, 11) is 0. The topological polar surface area (TPSA) is 6.48 Å². The van der Waals surface area contributed by atoms with Crippen molar-refractivity contribution in [2.24, 2.45) is 0 Å². The van der Waals surface area contributed by atoms with Crippen LogP contribution < -0.4 is 9.80 Å². The van der Waals surface area contributed by atoms with Gasteiger partial charge in [-0.25, -0.2) is 0 Å². The highest BCUT2D eigenvalue weighted by Gasteiger charge is 2.27. The van der Waals surface area contributed by atoms with Crippen LogP contribution in [0.1, 0.15) is 18.9 Å². The van der Waals surface area contributed by atoms with Gasteiger partial charge in [-0.15, -0.1) is 0 Å². The number of allylic oxidation sites excluding steroid dienone is 2. The highest BCUT2D eigenvalue weighted by molar-refractivity contribution is 6.22. The molecule has 2 heteroatoms. The van der Waals surface area contributed by atoms with Crippen LogP contribution >= 0.6 is 0 Å². The molecule has 0 saturated heterocycles. The average molecular weight is 543 g/mol. The van der Waals surface area contributed by atoms with Crippen molar-refractivity contribution in [2.45, 2.75) is 26.3 Å². The third-order valence-electron chi connectivity index (χ3n) is 8.27. The quantitative estimate of drug-likeness (QED) is 0.153. The number of rotatable bonds is 6. The van der Waals surface area contributed by atoms with E-state index in [2.05, 4.69) is 175 Å². The second-order valence-corrected chi connectivity index (χ2v) is 11.1. The molecule has 0 aliphatic heterocycles. The van der Waals surface area contributed by atoms with Gasteiger partial charge in [0, 0.05) is 38.6 Å². The Morgan fingerprint density at radius 3 is 1.50 bits per heavy atom. The zero-order valence-electron chi connectivity index (χ0n) is 24.1. The van der Waals surface area contributed by atoms with Gasteiger partial charge in [-0.1, -0.05) is 126 Å². The number of hydrogen-bond donors (Lipinski definition) is 0. The number of fused-ring (bicyclic) bond motifs is 2. The van der Waals surface area contributed by atoms with Crippen LogP contribution in [0.15, 0.2) is 157 Å². The zero-order valence-corrected chi connectivity index (χ0v) is 24.1. The van der Waals surface area contributed by atoms with Crippen LogP contribution in [0.5, 0.6) is 0 Å². The van der Waals surface area contributed by atoms with Crippen molar-refractivity contribution in [3.05, 3.63) is 163 Å². The second kappa shape index (κ2) is 11.1. The summed E-state index contributed by atoms with van der Waals surface area (Å²) in [4.78, 5) is 4.97. The van der Waals surface area contributed by atoms with Crippen molar-refractivity contribution in [3.63, 3.8) is 0 Å². The lowest BCUT2D eigenvalue weighted by atomic mass is 9.93. The summed E-state index contributed by atoms with van der Waals surface area (Å²) in [5, 5.41) is 4.93. The predicted molar refractivity (Wildman–Crippen MR) is 181 cm³/mol. The fourth-order valence-corrected chi connectivity index (χ4v) is 6.24. The van der Waals surface area contributed by atoms with Gasteiger partial charge in [0.25, 0.3) is 0 Å². The Morgan fingerprint density at radius 1 is 0.500 bits per heavy atom. The van der Waals surface area contributed by atoms with Gasteiger partial charge in [0.2, 0.25) is 0 Å². The maximum atomic E-state index is 2.55. The number of benzene rings is 6. The summed E-state index contributed by atoms with van der Waals surface area (Å²) < 4.78 is 0. The number of hydrogen-bond acceptors (Lipinski definition) is 2. The molecule has 0 bridgehead atoms. The first-order chi connectivity index (χ1) is 20.7.